The Labute approximate surface area is 178 Å². The first kappa shape index (κ1) is 21.0. The Balaban J connectivity index is 1.47. The molecule has 0 aliphatic carbocycles. The molecule has 9 nitrogen and oxygen atoms in total. The maximum Gasteiger partial charge on any atom is 0.258 e. The predicted molar refractivity (Wildman–Crippen MR) is 115 cm³/mol. The molecule has 1 saturated heterocycles. The van der Waals surface area contributed by atoms with E-state index in [1.807, 2.05) is 0 Å². The topological polar surface area (TPSA) is 132 Å². The fraction of sp³-hybridized carbons (Fsp3) is 0.286. The molecule has 3 N–H and O–H groups in total. The van der Waals surface area contributed by atoms with Gasteiger partial charge in [-0.25, -0.2) is 13.4 Å². The highest BCUT2D eigenvalue weighted by atomic mass is 32.2. The van der Waals surface area contributed by atoms with Crippen molar-refractivity contribution in [1.29, 1.82) is 0 Å². The van der Waals surface area contributed by atoms with Gasteiger partial charge in [0.25, 0.3) is 5.56 Å². The molecular formula is C21H22N4O5S. The van der Waals surface area contributed by atoms with E-state index in [0.717, 1.165) is 12.8 Å². The van der Waals surface area contributed by atoms with Gasteiger partial charge in [0, 0.05) is 25.9 Å². The first-order valence-corrected chi connectivity index (χ1v) is 11.4. The number of benzene rings is 2. The number of aryl methyl sites for hydroxylation is 1. The lowest BCUT2D eigenvalue weighted by Crippen LogP contribution is -2.28. The third kappa shape index (κ3) is 4.44. The number of nitrogens with zero attached hydrogens (tertiary/aromatic N) is 2. The predicted octanol–water partition coefficient (Wildman–Crippen LogP) is 1.98. The van der Waals surface area contributed by atoms with E-state index in [4.69, 9.17) is 0 Å². The standard InChI is InChI=1S/C21H22N4O5S/c26-18-8-7-14(31(29,30)25-11-3-4-12-25)13-17(18)23-20(27)10-9-19-22-16-6-2-1-5-15(16)21(28)24-19/h1-2,5-8,13,26H,3-4,9-12H2,(H,23,27)(H,22,24,28). The molecule has 10 heteroatoms. The summed E-state index contributed by atoms with van der Waals surface area (Å²) in [5.74, 6) is -0.304. The van der Waals surface area contributed by atoms with E-state index in [0.29, 0.717) is 29.8 Å². The summed E-state index contributed by atoms with van der Waals surface area (Å²) < 4.78 is 26.8. The Morgan fingerprint density at radius 3 is 2.68 bits per heavy atom. The molecular weight excluding hydrogens is 420 g/mol. The van der Waals surface area contributed by atoms with Crippen LogP contribution in [0.4, 0.5) is 5.69 Å². The maximum absolute atomic E-state index is 12.7. The number of carbonyl (C=O) groups is 1. The van der Waals surface area contributed by atoms with E-state index in [9.17, 15) is 23.1 Å². The second kappa shape index (κ2) is 8.48. The minimum Gasteiger partial charge on any atom is -0.506 e. The highest BCUT2D eigenvalue weighted by Crippen LogP contribution is 2.29. The first-order chi connectivity index (χ1) is 14.8. The van der Waals surface area contributed by atoms with E-state index in [-0.39, 0.29) is 34.7 Å². The van der Waals surface area contributed by atoms with E-state index in [2.05, 4.69) is 15.3 Å². The van der Waals surface area contributed by atoms with Gasteiger partial charge in [0.1, 0.15) is 11.6 Å². The number of fused-ring (bicyclic) bond motifs is 1. The van der Waals surface area contributed by atoms with Gasteiger partial charge in [0.15, 0.2) is 0 Å². The fourth-order valence-corrected chi connectivity index (χ4v) is 5.10. The van der Waals surface area contributed by atoms with Gasteiger partial charge in [-0.3, -0.25) is 9.59 Å². The number of phenolic OH excluding ortho intramolecular Hbond substituents is 1. The number of carbonyl (C=O) groups excluding carboxylic acids is 1. The van der Waals surface area contributed by atoms with Crippen LogP contribution in [-0.2, 0) is 21.2 Å². The Hall–Kier alpha value is -3.24. The van der Waals surface area contributed by atoms with Crippen molar-refractivity contribution in [2.75, 3.05) is 18.4 Å². The van der Waals surface area contributed by atoms with Crippen molar-refractivity contribution in [3.8, 4) is 5.75 Å². The van der Waals surface area contributed by atoms with Crippen LogP contribution in [0.5, 0.6) is 5.75 Å². The number of H-pyrrole nitrogens is 1. The average molecular weight is 442 g/mol. The van der Waals surface area contributed by atoms with Crippen molar-refractivity contribution in [2.45, 2.75) is 30.6 Å². The van der Waals surface area contributed by atoms with Gasteiger partial charge in [-0.2, -0.15) is 4.31 Å². The van der Waals surface area contributed by atoms with Crippen LogP contribution in [0, 0.1) is 0 Å². The third-order valence-electron chi connectivity index (χ3n) is 5.20. The molecule has 0 unspecified atom stereocenters. The number of amides is 1. The summed E-state index contributed by atoms with van der Waals surface area (Å²) in [6.45, 7) is 0.920. The van der Waals surface area contributed by atoms with Crippen LogP contribution in [0.25, 0.3) is 10.9 Å². The number of sulfonamides is 1. The summed E-state index contributed by atoms with van der Waals surface area (Å²) >= 11 is 0. The van der Waals surface area contributed by atoms with E-state index in [1.165, 1.54) is 22.5 Å². The van der Waals surface area contributed by atoms with Crippen molar-refractivity contribution in [3.63, 3.8) is 0 Å². The average Bonchev–Trinajstić information content (AvgIpc) is 3.30. The molecule has 0 bridgehead atoms. The Morgan fingerprint density at radius 2 is 1.90 bits per heavy atom. The van der Waals surface area contributed by atoms with Gasteiger partial charge in [-0.05, 0) is 43.2 Å². The largest absolute Gasteiger partial charge is 0.506 e. The second-order valence-corrected chi connectivity index (χ2v) is 9.31. The van der Waals surface area contributed by atoms with Gasteiger partial charge in [0.05, 0.1) is 21.5 Å². The molecule has 1 aliphatic heterocycles. The van der Waals surface area contributed by atoms with Gasteiger partial charge in [0.2, 0.25) is 15.9 Å². The number of anilines is 1. The fourth-order valence-electron chi connectivity index (χ4n) is 3.55. The molecule has 3 aromatic rings. The van der Waals surface area contributed by atoms with Crippen LogP contribution in [0.15, 0.2) is 52.2 Å². The third-order valence-corrected chi connectivity index (χ3v) is 7.09. The van der Waals surface area contributed by atoms with Gasteiger partial charge >= 0.3 is 0 Å². The normalized spacial score (nSPS) is 14.7. The number of nitrogens with one attached hydrogen (secondary N) is 2. The number of para-hydroxylation sites is 1. The molecule has 1 aliphatic rings. The molecule has 0 spiro atoms. The van der Waals surface area contributed by atoms with Crippen LogP contribution in [-0.4, -0.2) is 46.8 Å². The molecule has 1 fully saturated rings. The molecule has 31 heavy (non-hydrogen) atoms. The summed E-state index contributed by atoms with van der Waals surface area (Å²) in [7, 11) is -3.67. The zero-order valence-corrected chi connectivity index (χ0v) is 17.5. The van der Waals surface area contributed by atoms with Gasteiger partial charge < -0.3 is 15.4 Å². The quantitative estimate of drug-likeness (QED) is 0.500. The highest BCUT2D eigenvalue weighted by molar-refractivity contribution is 7.89. The number of rotatable bonds is 6. The summed E-state index contributed by atoms with van der Waals surface area (Å²) in [5, 5.41) is 13.1. The molecule has 4 rings (SSSR count). The number of phenols is 1. The Kier molecular flexibility index (Phi) is 5.75. The highest BCUT2D eigenvalue weighted by Gasteiger charge is 2.27. The first-order valence-electron chi connectivity index (χ1n) is 9.95. The summed E-state index contributed by atoms with van der Waals surface area (Å²) in [4.78, 5) is 31.6. The summed E-state index contributed by atoms with van der Waals surface area (Å²) in [6, 6.07) is 10.7. The van der Waals surface area contributed by atoms with Crippen LogP contribution in [0.2, 0.25) is 0 Å². The minimum absolute atomic E-state index is 0.0101. The Morgan fingerprint density at radius 1 is 1.16 bits per heavy atom. The SMILES string of the molecule is O=C(CCc1nc2ccccc2c(=O)[nH]1)Nc1cc(S(=O)(=O)N2CCCC2)ccc1O. The number of aromatic hydroxyl groups is 1. The monoisotopic (exact) mass is 442 g/mol. The smallest absolute Gasteiger partial charge is 0.258 e. The van der Waals surface area contributed by atoms with Gasteiger partial charge in [-0.15, -0.1) is 0 Å². The van der Waals surface area contributed by atoms with Crippen molar-refractivity contribution < 1.29 is 18.3 Å². The number of aromatic nitrogens is 2. The van der Waals surface area contributed by atoms with Gasteiger partial charge in [-0.1, -0.05) is 12.1 Å². The molecule has 0 radical (unpaired) electrons. The summed E-state index contributed by atoms with van der Waals surface area (Å²) in [6.07, 6.45) is 1.79. The molecule has 2 heterocycles. The lowest BCUT2D eigenvalue weighted by atomic mass is 10.2. The van der Waals surface area contributed by atoms with Crippen LogP contribution < -0.4 is 10.9 Å². The molecule has 0 atom stereocenters. The van der Waals surface area contributed by atoms with Crippen molar-refractivity contribution in [3.05, 3.63) is 58.6 Å². The van der Waals surface area contributed by atoms with Crippen LogP contribution >= 0.6 is 0 Å². The lowest BCUT2D eigenvalue weighted by Gasteiger charge is -2.16. The molecule has 1 amide bonds. The summed E-state index contributed by atoms with van der Waals surface area (Å²) in [5.41, 5.74) is 0.280. The maximum atomic E-state index is 12.7. The van der Waals surface area contributed by atoms with E-state index < -0.39 is 15.9 Å². The zero-order valence-electron chi connectivity index (χ0n) is 16.7. The van der Waals surface area contributed by atoms with Crippen molar-refractivity contribution in [1.82, 2.24) is 14.3 Å². The van der Waals surface area contributed by atoms with E-state index >= 15 is 0 Å². The molecule has 2 aromatic carbocycles. The minimum atomic E-state index is -3.67. The Bertz CT molecular complexity index is 1300. The van der Waals surface area contributed by atoms with Crippen LogP contribution in [0.3, 0.4) is 0 Å². The van der Waals surface area contributed by atoms with E-state index in [1.54, 1.807) is 24.3 Å². The van der Waals surface area contributed by atoms with Crippen molar-refractivity contribution >= 4 is 32.5 Å². The molecule has 1 aromatic heterocycles. The van der Waals surface area contributed by atoms with Crippen LogP contribution in [0.1, 0.15) is 25.1 Å². The zero-order chi connectivity index (χ0) is 22.0. The lowest BCUT2D eigenvalue weighted by molar-refractivity contribution is -0.116. The molecule has 162 valence electrons. The number of hydrogen-bond donors (Lipinski definition) is 3. The molecule has 0 saturated carbocycles. The van der Waals surface area contributed by atoms with Crippen molar-refractivity contribution in [2.24, 2.45) is 0 Å². The second-order valence-electron chi connectivity index (χ2n) is 7.37. The number of aromatic amines is 1. The number of hydrogen-bond acceptors (Lipinski definition) is 6.